The minimum atomic E-state index is -0.0836. The van der Waals surface area contributed by atoms with Gasteiger partial charge in [-0.25, -0.2) is 0 Å². The van der Waals surface area contributed by atoms with E-state index in [2.05, 4.69) is 17.0 Å². The van der Waals surface area contributed by atoms with Crippen molar-refractivity contribution in [2.75, 3.05) is 20.4 Å². The molecule has 0 fully saturated rings. The van der Waals surface area contributed by atoms with Crippen LogP contribution in [0.25, 0.3) is 6.08 Å². The number of carbonyl (C=O) groups is 1. The van der Waals surface area contributed by atoms with E-state index in [-0.39, 0.29) is 5.78 Å². The highest BCUT2D eigenvalue weighted by Crippen LogP contribution is 2.42. The average molecular weight is 428 g/mol. The third-order valence-corrected chi connectivity index (χ3v) is 5.90. The normalized spacial score (nSPS) is 16.3. The van der Waals surface area contributed by atoms with E-state index in [4.69, 9.17) is 14.2 Å². The van der Waals surface area contributed by atoms with Gasteiger partial charge in [0, 0.05) is 13.1 Å². The van der Waals surface area contributed by atoms with Crippen LogP contribution < -0.4 is 14.2 Å². The van der Waals surface area contributed by atoms with Crippen LogP contribution in [0, 0.1) is 6.92 Å². The van der Waals surface area contributed by atoms with Crippen molar-refractivity contribution in [3.63, 3.8) is 0 Å². The number of ketones is 1. The van der Waals surface area contributed by atoms with Gasteiger partial charge in [0.25, 0.3) is 0 Å². The Balaban J connectivity index is 1.33. The van der Waals surface area contributed by atoms with Crippen LogP contribution >= 0.6 is 0 Å². The quantitative estimate of drug-likeness (QED) is 0.536. The lowest BCUT2D eigenvalue weighted by atomic mass is 10.0. The summed E-state index contributed by atoms with van der Waals surface area (Å²) in [5, 5.41) is 0. The van der Waals surface area contributed by atoms with Gasteiger partial charge in [-0.05, 0) is 54.8 Å². The number of rotatable bonds is 5. The number of methoxy groups -OCH3 is 1. The van der Waals surface area contributed by atoms with Crippen molar-refractivity contribution in [3.05, 3.63) is 94.2 Å². The summed E-state index contributed by atoms with van der Waals surface area (Å²) < 4.78 is 17.3. The second-order valence-corrected chi connectivity index (χ2v) is 8.20. The number of ether oxygens (including phenoxy) is 3. The Hall–Kier alpha value is -3.57. The molecular formula is C27H25NO4. The van der Waals surface area contributed by atoms with Gasteiger partial charge in [0.15, 0.2) is 5.76 Å². The van der Waals surface area contributed by atoms with Crippen LogP contribution in [0.2, 0.25) is 0 Å². The predicted octanol–water partition coefficient (Wildman–Crippen LogP) is 5.01. The van der Waals surface area contributed by atoms with E-state index >= 15 is 0 Å². The van der Waals surface area contributed by atoms with E-state index in [0.29, 0.717) is 30.3 Å². The van der Waals surface area contributed by atoms with Crippen molar-refractivity contribution in [2.45, 2.75) is 19.9 Å². The largest absolute Gasteiger partial charge is 0.497 e. The lowest BCUT2D eigenvalue weighted by Gasteiger charge is -2.29. The summed E-state index contributed by atoms with van der Waals surface area (Å²) in [5.74, 6) is 2.54. The summed E-state index contributed by atoms with van der Waals surface area (Å²) in [6, 6.07) is 19.8. The third kappa shape index (κ3) is 3.99. The van der Waals surface area contributed by atoms with Gasteiger partial charge in [-0.1, -0.05) is 42.0 Å². The molecule has 0 amide bonds. The maximum absolute atomic E-state index is 13.0. The second kappa shape index (κ2) is 8.52. The molecule has 3 aromatic rings. The molecule has 2 aliphatic heterocycles. The Bertz CT molecular complexity index is 1200. The van der Waals surface area contributed by atoms with Crippen LogP contribution in [-0.2, 0) is 13.0 Å². The van der Waals surface area contributed by atoms with Gasteiger partial charge < -0.3 is 14.2 Å². The molecule has 0 saturated carbocycles. The van der Waals surface area contributed by atoms with Crippen LogP contribution in [-0.4, -0.2) is 31.1 Å². The maximum atomic E-state index is 13.0. The van der Waals surface area contributed by atoms with Crippen molar-refractivity contribution in [3.8, 4) is 17.2 Å². The second-order valence-electron chi connectivity index (χ2n) is 8.20. The van der Waals surface area contributed by atoms with Gasteiger partial charge in [-0.15, -0.1) is 0 Å². The molecular weight excluding hydrogens is 402 g/mol. The molecule has 0 aromatic heterocycles. The van der Waals surface area contributed by atoms with Crippen molar-refractivity contribution in [1.82, 2.24) is 4.90 Å². The van der Waals surface area contributed by atoms with Crippen molar-refractivity contribution >= 4 is 11.9 Å². The molecule has 2 aliphatic rings. The van der Waals surface area contributed by atoms with E-state index < -0.39 is 0 Å². The smallest absolute Gasteiger partial charge is 0.231 e. The van der Waals surface area contributed by atoms with Crippen LogP contribution in [0.1, 0.15) is 32.6 Å². The SMILES string of the molecule is COc1ccc(CCN2COc3ccc4c(c3C2)O/C(=C\c2cccc(C)c2)C4=O)cc1. The minimum absolute atomic E-state index is 0.0836. The van der Waals surface area contributed by atoms with Crippen molar-refractivity contribution < 1.29 is 19.0 Å². The highest BCUT2D eigenvalue weighted by Gasteiger charge is 2.33. The van der Waals surface area contributed by atoms with Crippen LogP contribution in [0.5, 0.6) is 17.2 Å². The monoisotopic (exact) mass is 427 g/mol. The average Bonchev–Trinajstić information content (AvgIpc) is 3.13. The number of hydrogen-bond donors (Lipinski definition) is 0. The highest BCUT2D eigenvalue weighted by molar-refractivity contribution is 6.15. The fraction of sp³-hybridized carbons (Fsp3) is 0.222. The molecule has 0 unspecified atom stereocenters. The number of Topliss-reactive ketones (excluding diaryl/α,β-unsaturated/α-hetero) is 1. The molecule has 0 N–H and O–H groups in total. The molecule has 32 heavy (non-hydrogen) atoms. The van der Waals surface area contributed by atoms with Crippen LogP contribution in [0.3, 0.4) is 0 Å². The first-order valence-electron chi connectivity index (χ1n) is 10.8. The van der Waals surface area contributed by atoms with Crippen LogP contribution in [0.15, 0.2) is 66.4 Å². The van der Waals surface area contributed by atoms with Gasteiger partial charge >= 0.3 is 0 Å². The molecule has 5 rings (SSSR count). The molecule has 0 radical (unpaired) electrons. The Morgan fingerprint density at radius 3 is 2.72 bits per heavy atom. The van der Waals surface area contributed by atoms with Gasteiger partial charge in [0.05, 0.1) is 18.2 Å². The highest BCUT2D eigenvalue weighted by atomic mass is 16.5. The maximum Gasteiger partial charge on any atom is 0.231 e. The number of nitrogens with zero attached hydrogens (tertiary/aromatic N) is 1. The number of allylic oxidation sites excluding steroid dienone is 1. The molecule has 0 atom stereocenters. The predicted molar refractivity (Wildman–Crippen MR) is 123 cm³/mol. The summed E-state index contributed by atoms with van der Waals surface area (Å²) in [6.07, 6.45) is 2.71. The first-order chi connectivity index (χ1) is 15.6. The lowest BCUT2D eigenvalue weighted by Crippen LogP contribution is -2.33. The van der Waals surface area contributed by atoms with E-state index in [0.717, 1.165) is 41.2 Å². The molecule has 0 spiro atoms. The Morgan fingerprint density at radius 1 is 1.09 bits per heavy atom. The number of aryl methyl sites for hydroxylation is 1. The third-order valence-electron chi connectivity index (χ3n) is 5.90. The van der Waals surface area contributed by atoms with Gasteiger partial charge in [-0.3, -0.25) is 9.69 Å². The number of hydrogen-bond acceptors (Lipinski definition) is 5. The molecule has 2 heterocycles. The number of benzene rings is 3. The summed E-state index contributed by atoms with van der Waals surface area (Å²) in [5.41, 5.74) is 4.87. The number of fused-ring (bicyclic) bond motifs is 3. The fourth-order valence-electron chi connectivity index (χ4n) is 4.14. The van der Waals surface area contributed by atoms with Crippen molar-refractivity contribution in [2.24, 2.45) is 0 Å². The van der Waals surface area contributed by atoms with E-state index in [1.165, 1.54) is 5.56 Å². The zero-order chi connectivity index (χ0) is 22.1. The van der Waals surface area contributed by atoms with Crippen LogP contribution in [0.4, 0.5) is 0 Å². The van der Waals surface area contributed by atoms with E-state index in [1.807, 2.05) is 55.5 Å². The zero-order valence-corrected chi connectivity index (χ0v) is 18.3. The minimum Gasteiger partial charge on any atom is -0.497 e. The molecule has 5 nitrogen and oxygen atoms in total. The molecule has 162 valence electrons. The number of carbonyl (C=O) groups excluding carboxylic acids is 1. The standard InChI is InChI=1S/C27H25NO4/c1-18-4-3-5-20(14-18)15-25-26(29)22-10-11-24-23(27(22)32-25)16-28(17-31-24)13-12-19-6-8-21(30-2)9-7-19/h3-11,14-15H,12-13,16-17H2,1-2H3/b25-15-. The summed E-state index contributed by atoms with van der Waals surface area (Å²) in [7, 11) is 1.67. The molecule has 0 saturated heterocycles. The molecule has 3 aromatic carbocycles. The first kappa shape index (κ1) is 20.3. The lowest BCUT2D eigenvalue weighted by molar-refractivity contribution is 0.0949. The molecule has 0 aliphatic carbocycles. The van der Waals surface area contributed by atoms with Crippen molar-refractivity contribution in [1.29, 1.82) is 0 Å². The van der Waals surface area contributed by atoms with E-state index in [1.54, 1.807) is 13.2 Å². The summed E-state index contributed by atoms with van der Waals surface area (Å²) >= 11 is 0. The Kier molecular flexibility index (Phi) is 5.41. The Labute approximate surface area is 187 Å². The molecule has 5 heteroatoms. The summed E-state index contributed by atoms with van der Waals surface area (Å²) in [4.78, 5) is 15.2. The summed E-state index contributed by atoms with van der Waals surface area (Å²) in [6.45, 7) is 4.07. The Morgan fingerprint density at radius 2 is 1.94 bits per heavy atom. The molecule has 0 bridgehead atoms. The van der Waals surface area contributed by atoms with E-state index in [9.17, 15) is 4.79 Å². The van der Waals surface area contributed by atoms with Gasteiger partial charge in [0.1, 0.15) is 24.0 Å². The van der Waals surface area contributed by atoms with Gasteiger partial charge in [0.2, 0.25) is 5.78 Å². The zero-order valence-electron chi connectivity index (χ0n) is 18.3. The topological polar surface area (TPSA) is 48.0 Å². The first-order valence-corrected chi connectivity index (χ1v) is 10.8. The van der Waals surface area contributed by atoms with Gasteiger partial charge in [-0.2, -0.15) is 0 Å². The fourth-order valence-corrected chi connectivity index (χ4v) is 4.14.